The van der Waals surface area contributed by atoms with E-state index in [9.17, 15) is 28.8 Å². The average Bonchev–Trinajstić information content (AvgIpc) is 2.99. The van der Waals surface area contributed by atoms with Gasteiger partial charge in [-0.05, 0) is 25.0 Å². The van der Waals surface area contributed by atoms with Crippen LogP contribution in [0, 0.1) is 0 Å². The molecular formula is C23H24N6O7. The fraction of sp³-hybridized carbons (Fsp3) is 0.348. The van der Waals surface area contributed by atoms with Gasteiger partial charge in [-0.1, -0.05) is 18.2 Å². The molecule has 0 radical (unpaired) electrons. The Morgan fingerprint density at radius 1 is 1.17 bits per heavy atom. The Kier molecular flexibility index (Phi) is 7.08. The Morgan fingerprint density at radius 2 is 1.94 bits per heavy atom. The normalized spacial score (nSPS) is 18.8. The number of pyridine rings is 1. The monoisotopic (exact) mass is 496 g/mol. The summed E-state index contributed by atoms with van der Waals surface area (Å²) in [6.07, 6.45) is 1.70. The van der Waals surface area contributed by atoms with Crippen LogP contribution >= 0.6 is 0 Å². The molecular weight excluding hydrogens is 472 g/mol. The van der Waals surface area contributed by atoms with Crippen LogP contribution in [0.1, 0.15) is 36.0 Å². The van der Waals surface area contributed by atoms with Crippen LogP contribution in [0.4, 0.5) is 4.79 Å². The number of aromatic nitrogens is 1. The van der Waals surface area contributed by atoms with Crippen molar-refractivity contribution < 1.29 is 33.9 Å². The Balaban J connectivity index is 1.57. The van der Waals surface area contributed by atoms with Gasteiger partial charge in [-0.25, -0.2) is 19.8 Å². The first-order valence-electron chi connectivity index (χ1n) is 11.3. The minimum atomic E-state index is -1.29. The van der Waals surface area contributed by atoms with Crippen molar-refractivity contribution in [2.45, 2.75) is 37.8 Å². The molecule has 3 heterocycles. The zero-order chi connectivity index (χ0) is 25.8. The van der Waals surface area contributed by atoms with Crippen LogP contribution in [0.5, 0.6) is 0 Å². The highest BCUT2D eigenvalue weighted by atomic mass is 16.4. The van der Waals surface area contributed by atoms with Crippen molar-refractivity contribution in [3.8, 4) is 0 Å². The van der Waals surface area contributed by atoms with E-state index in [1.807, 2.05) is 0 Å². The van der Waals surface area contributed by atoms with Crippen LogP contribution < -0.4 is 10.7 Å². The lowest BCUT2D eigenvalue weighted by atomic mass is 10.1. The maximum absolute atomic E-state index is 13.5. The summed E-state index contributed by atoms with van der Waals surface area (Å²) < 4.78 is 0. The summed E-state index contributed by atoms with van der Waals surface area (Å²) in [7, 11) is 0. The van der Waals surface area contributed by atoms with E-state index in [0.717, 1.165) is 20.4 Å². The first-order valence-corrected chi connectivity index (χ1v) is 11.3. The molecule has 1 aromatic carbocycles. The number of hydrazine groups is 2. The predicted molar refractivity (Wildman–Crippen MR) is 123 cm³/mol. The number of amides is 5. The quantitative estimate of drug-likeness (QED) is 0.452. The summed E-state index contributed by atoms with van der Waals surface area (Å²) in [5.41, 5.74) is 3.19. The number of fused-ring (bicyclic) bond motifs is 2. The highest BCUT2D eigenvalue weighted by molar-refractivity contribution is 6.06. The van der Waals surface area contributed by atoms with E-state index in [-0.39, 0.29) is 31.5 Å². The molecule has 1 aromatic heterocycles. The van der Waals surface area contributed by atoms with Crippen LogP contribution in [-0.4, -0.2) is 86.3 Å². The van der Waals surface area contributed by atoms with Gasteiger partial charge in [-0.15, -0.1) is 0 Å². The number of urea groups is 1. The van der Waals surface area contributed by atoms with Gasteiger partial charge in [0.15, 0.2) is 0 Å². The van der Waals surface area contributed by atoms with Gasteiger partial charge in [0, 0.05) is 24.5 Å². The van der Waals surface area contributed by atoms with Crippen molar-refractivity contribution in [1.29, 1.82) is 0 Å². The number of hydrogen-bond acceptors (Lipinski definition) is 7. The number of rotatable bonds is 7. The zero-order valence-electron chi connectivity index (χ0n) is 19.1. The molecule has 2 fully saturated rings. The first kappa shape index (κ1) is 24.6. The molecule has 2 aliphatic heterocycles. The standard InChI is InChI=1S/C23H24N6O7/c30-13-15(12-19(32)33)25-22(35)17-7-3-10-28-18(31)8-11-27(23(36)29(17)28)26-21(34)16-6-1-4-14-5-2-9-24-20(14)16/h1-2,4-6,9,13,15,17H,3,7-8,10-12H2,(H,25,35)(H,26,34)(H,32,33). The minimum absolute atomic E-state index is 0.0966. The van der Waals surface area contributed by atoms with Crippen LogP contribution in [-0.2, 0) is 19.2 Å². The van der Waals surface area contributed by atoms with Crippen LogP contribution in [0.2, 0.25) is 0 Å². The summed E-state index contributed by atoms with van der Waals surface area (Å²) in [4.78, 5) is 78.7. The van der Waals surface area contributed by atoms with E-state index < -0.39 is 48.2 Å². The van der Waals surface area contributed by atoms with E-state index >= 15 is 0 Å². The van der Waals surface area contributed by atoms with Crippen molar-refractivity contribution in [1.82, 2.24) is 30.8 Å². The molecule has 188 valence electrons. The van der Waals surface area contributed by atoms with Gasteiger partial charge in [-0.2, -0.15) is 0 Å². The van der Waals surface area contributed by atoms with Gasteiger partial charge in [0.2, 0.25) is 11.8 Å². The zero-order valence-corrected chi connectivity index (χ0v) is 19.1. The molecule has 2 atom stereocenters. The number of para-hydroxylation sites is 1. The van der Waals surface area contributed by atoms with Gasteiger partial charge >= 0.3 is 12.0 Å². The second-order valence-electron chi connectivity index (χ2n) is 8.37. The maximum atomic E-state index is 13.5. The van der Waals surface area contributed by atoms with Gasteiger partial charge in [0.25, 0.3) is 5.91 Å². The molecule has 2 unspecified atom stereocenters. The molecule has 13 heteroatoms. The number of aldehydes is 1. The summed E-state index contributed by atoms with van der Waals surface area (Å²) in [5, 5.41) is 15.1. The third-order valence-electron chi connectivity index (χ3n) is 5.97. The lowest BCUT2D eigenvalue weighted by molar-refractivity contribution is -0.155. The third-order valence-corrected chi connectivity index (χ3v) is 5.97. The molecule has 3 N–H and O–H groups in total. The highest BCUT2D eigenvalue weighted by Gasteiger charge is 2.44. The number of carbonyl (C=O) groups is 6. The van der Waals surface area contributed by atoms with Crippen molar-refractivity contribution in [3.05, 3.63) is 42.1 Å². The molecule has 36 heavy (non-hydrogen) atoms. The van der Waals surface area contributed by atoms with Crippen molar-refractivity contribution in [2.75, 3.05) is 13.1 Å². The van der Waals surface area contributed by atoms with Crippen LogP contribution in [0.15, 0.2) is 36.5 Å². The molecule has 2 saturated heterocycles. The number of carboxylic acid groups (broad SMARTS) is 1. The van der Waals surface area contributed by atoms with E-state index in [0.29, 0.717) is 18.2 Å². The van der Waals surface area contributed by atoms with Crippen LogP contribution in [0.3, 0.4) is 0 Å². The largest absolute Gasteiger partial charge is 0.481 e. The number of hydrogen-bond donors (Lipinski definition) is 3. The fourth-order valence-corrected chi connectivity index (χ4v) is 4.29. The number of benzene rings is 1. The molecule has 4 rings (SSSR count). The topological polar surface area (TPSA) is 169 Å². The molecule has 5 amide bonds. The van der Waals surface area contributed by atoms with Gasteiger partial charge < -0.3 is 15.2 Å². The SMILES string of the molecule is O=CC(CC(=O)O)NC(=O)C1CCCN2C(=O)CCN(NC(=O)c3cccc4cccnc34)C(=O)N12. The second kappa shape index (κ2) is 10.4. The molecule has 0 aliphatic carbocycles. The van der Waals surface area contributed by atoms with Crippen molar-refractivity contribution in [2.24, 2.45) is 0 Å². The molecule has 0 spiro atoms. The molecule has 0 saturated carbocycles. The van der Waals surface area contributed by atoms with Gasteiger partial charge in [-0.3, -0.25) is 29.6 Å². The fourth-order valence-electron chi connectivity index (χ4n) is 4.29. The Labute approximate surface area is 205 Å². The first-order chi connectivity index (χ1) is 17.3. The second-order valence-corrected chi connectivity index (χ2v) is 8.37. The summed E-state index contributed by atoms with van der Waals surface area (Å²) in [5.74, 6) is -3.09. The number of aliphatic carboxylic acids is 1. The molecule has 2 aromatic rings. The molecule has 0 bridgehead atoms. The Morgan fingerprint density at radius 3 is 2.69 bits per heavy atom. The lowest BCUT2D eigenvalue weighted by Crippen LogP contribution is -2.64. The third kappa shape index (κ3) is 4.94. The van der Waals surface area contributed by atoms with E-state index in [4.69, 9.17) is 5.11 Å². The average molecular weight is 496 g/mol. The highest BCUT2D eigenvalue weighted by Crippen LogP contribution is 2.24. The number of carbonyl (C=O) groups excluding carboxylic acids is 5. The van der Waals surface area contributed by atoms with Gasteiger partial charge in [0.05, 0.1) is 30.1 Å². The molecule has 2 aliphatic rings. The number of nitrogens with zero attached hydrogens (tertiary/aromatic N) is 4. The Hall–Kier alpha value is -4.55. The van der Waals surface area contributed by atoms with Crippen LogP contribution in [0.25, 0.3) is 10.9 Å². The van der Waals surface area contributed by atoms with E-state index in [1.54, 1.807) is 36.5 Å². The predicted octanol–water partition coefficient (Wildman–Crippen LogP) is 0.0717. The smallest absolute Gasteiger partial charge is 0.358 e. The van der Waals surface area contributed by atoms with Gasteiger partial charge in [0.1, 0.15) is 12.3 Å². The summed E-state index contributed by atoms with van der Waals surface area (Å²) in [6, 6.07) is 5.28. The van der Waals surface area contributed by atoms with Crippen molar-refractivity contribution >= 4 is 46.9 Å². The maximum Gasteiger partial charge on any atom is 0.358 e. The van der Waals surface area contributed by atoms with E-state index in [2.05, 4.69) is 15.7 Å². The molecule has 13 nitrogen and oxygen atoms in total. The number of carboxylic acids is 1. The Bertz CT molecular complexity index is 1230. The lowest BCUT2D eigenvalue weighted by Gasteiger charge is -2.42. The summed E-state index contributed by atoms with van der Waals surface area (Å²) >= 11 is 0. The van der Waals surface area contributed by atoms with E-state index in [1.165, 1.54) is 0 Å². The minimum Gasteiger partial charge on any atom is -0.481 e. The number of nitrogens with one attached hydrogen (secondary N) is 2. The summed E-state index contributed by atoms with van der Waals surface area (Å²) in [6.45, 7) is 0.0640. The van der Waals surface area contributed by atoms with Crippen molar-refractivity contribution in [3.63, 3.8) is 0 Å².